The molecule has 0 saturated heterocycles. The van der Waals surface area contributed by atoms with Gasteiger partial charge in [-0.25, -0.2) is 0 Å². The van der Waals surface area contributed by atoms with E-state index in [1.54, 1.807) is 14.2 Å². The van der Waals surface area contributed by atoms with E-state index in [9.17, 15) is 0 Å². The molecule has 0 aromatic carbocycles. The van der Waals surface area contributed by atoms with Gasteiger partial charge < -0.3 is 14.8 Å². The first kappa shape index (κ1) is 8.88. The van der Waals surface area contributed by atoms with Crippen molar-refractivity contribution in [3.05, 3.63) is 0 Å². The summed E-state index contributed by atoms with van der Waals surface area (Å²) in [5.74, 6) is -0.477. The second-order valence-electron chi connectivity index (χ2n) is 2.07. The smallest absolute Gasteiger partial charge is 0.177 e. The van der Waals surface area contributed by atoms with Crippen molar-refractivity contribution in [1.29, 1.82) is 0 Å². The summed E-state index contributed by atoms with van der Waals surface area (Å²) in [4.78, 5) is 0. The van der Waals surface area contributed by atoms with Crippen LogP contribution in [0.3, 0.4) is 0 Å². The molecule has 0 saturated carbocycles. The molecule has 0 aliphatic carbocycles. The molecule has 0 atom stereocenters. The number of methoxy groups -OCH3 is 2. The molecule has 3 heteroatoms. The van der Waals surface area contributed by atoms with Crippen molar-refractivity contribution in [2.45, 2.75) is 12.7 Å². The summed E-state index contributed by atoms with van der Waals surface area (Å²) in [6.45, 7) is 2.57. The van der Waals surface area contributed by atoms with Gasteiger partial charge in [0.2, 0.25) is 0 Å². The average Bonchev–Trinajstić information content (AvgIpc) is 1.89. The minimum atomic E-state index is -0.477. The molecule has 0 unspecified atom stereocenters. The van der Waals surface area contributed by atoms with Gasteiger partial charge in [0.1, 0.15) is 0 Å². The lowest BCUT2D eigenvalue weighted by Gasteiger charge is -2.25. The predicted molar refractivity (Wildman–Crippen MR) is 36.3 cm³/mol. The maximum Gasteiger partial charge on any atom is 0.177 e. The highest BCUT2D eigenvalue weighted by Crippen LogP contribution is 2.06. The van der Waals surface area contributed by atoms with E-state index in [0.717, 1.165) is 0 Å². The van der Waals surface area contributed by atoms with Gasteiger partial charge in [0.15, 0.2) is 5.79 Å². The molecule has 0 heterocycles. The van der Waals surface area contributed by atoms with Gasteiger partial charge in [-0.2, -0.15) is 0 Å². The van der Waals surface area contributed by atoms with Crippen molar-refractivity contribution in [3.8, 4) is 0 Å². The molecule has 0 aromatic rings. The highest BCUT2D eigenvalue weighted by Gasteiger charge is 2.20. The van der Waals surface area contributed by atoms with Crippen LogP contribution in [0, 0.1) is 0 Å². The highest BCUT2D eigenvalue weighted by molar-refractivity contribution is 4.62. The summed E-state index contributed by atoms with van der Waals surface area (Å²) in [7, 11) is 5.11. The number of hydrogen-bond donors (Lipinski definition) is 1. The third-order valence-electron chi connectivity index (χ3n) is 1.36. The molecule has 0 fully saturated rings. The number of hydrogen-bond acceptors (Lipinski definition) is 3. The molecule has 3 nitrogen and oxygen atoms in total. The van der Waals surface area contributed by atoms with Crippen LogP contribution in [0.25, 0.3) is 0 Å². The molecule has 0 radical (unpaired) electrons. The Kier molecular flexibility index (Phi) is 3.77. The van der Waals surface area contributed by atoms with E-state index >= 15 is 0 Å². The summed E-state index contributed by atoms with van der Waals surface area (Å²) in [5, 5.41) is 2.96. The van der Waals surface area contributed by atoms with Gasteiger partial charge >= 0.3 is 0 Å². The van der Waals surface area contributed by atoms with Crippen molar-refractivity contribution in [3.63, 3.8) is 0 Å². The van der Waals surface area contributed by atoms with Gasteiger partial charge in [0.25, 0.3) is 0 Å². The lowest BCUT2D eigenvalue weighted by atomic mass is 10.3. The Morgan fingerprint density at radius 1 is 1.33 bits per heavy atom. The summed E-state index contributed by atoms with van der Waals surface area (Å²) >= 11 is 0. The maximum atomic E-state index is 5.04. The van der Waals surface area contributed by atoms with Crippen molar-refractivity contribution in [2.24, 2.45) is 0 Å². The SMILES string of the molecule is CNCC(C)(OC)OC. The van der Waals surface area contributed by atoms with E-state index in [0.29, 0.717) is 6.54 Å². The van der Waals surface area contributed by atoms with Crippen molar-refractivity contribution in [1.82, 2.24) is 5.32 Å². The third kappa shape index (κ3) is 2.79. The van der Waals surface area contributed by atoms with Crippen LogP contribution in [0.15, 0.2) is 0 Å². The molecular formula is C6H15NO2. The molecular weight excluding hydrogens is 118 g/mol. The van der Waals surface area contributed by atoms with Gasteiger partial charge in [-0.1, -0.05) is 0 Å². The van der Waals surface area contributed by atoms with Gasteiger partial charge in [-0.15, -0.1) is 0 Å². The van der Waals surface area contributed by atoms with Crippen LogP contribution in [0.1, 0.15) is 6.92 Å². The van der Waals surface area contributed by atoms with Crippen molar-refractivity contribution < 1.29 is 9.47 Å². The zero-order valence-electron chi connectivity index (χ0n) is 6.52. The van der Waals surface area contributed by atoms with Gasteiger partial charge in [0.05, 0.1) is 0 Å². The van der Waals surface area contributed by atoms with Crippen LogP contribution in [0.5, 0.6) is 0 Å². The van der Waals surface area contributed by atoms with Crippen LogP contribution in [-0.4, -0.2) is 33.6 Å². The molecule has 1 N–H and O–H groups in total. The normalized spacial score (nSPS) is 12.0. The Balaban J connectivity index is 3.62. The quantitative estimate of drug-likeness (QED) is 0.556. The van der Waals surface area contributed by atoms with E-state index in [1.165, 1.54) is 0 Å². The predicted octanol–water partition coefficient (Wildman–Crippen LogP) is 0.215. The summed E-state index contributed by atoms with van der Waals surface area (Å²) < 4.78 is 10.1. The second-order valence-corrected chi connectivity index (χ2v) is 2.07. The van der Waals surface area contributed by atoms with Gasteiger partial charge in [-0.3, -0.25) is 0 Å². The fourth-order valence-corrected chi connectivity index (χ4v) is 0.549. The summed E-state index contributed by atoms with van der Waals surface area (Å²) in [6, 6.07) is 0. The van der Waals surface area contributed by atoms with Crippen molar-refractivity contribution in [2.75, 3.05) is 27.8 Å². The third-order valence-corrected chi connectivity index (χ3v) is 1.36. The first-order valence-corrected chi connectivity index (χ1v) is 2.93. The Bertz CT molecular complexity index is 71.5. The molecule has 0 bridgehead atoms. The summed E-state index contributed by atoms with van der Waals surface area (Å²) in [6.07, 6.45) is 0. The molecule has 9 heavy (non-hydrogen) atoms. The van der Waals surface area contributed by atoms with Crippen LogP contribution < -0.4 is 5.32 Å². The first-order chi connectivity index (χ1) is 4.18. The minimum Gasteiger partial charge on any atom is -0.352 e. The molecule has 0 aromatic heterocycles. The number of rotatable bonds is 4. The van der Waals surface area contributed by atoms with Crippen LogP contribution in [-0.2, 0) is 9.47 Å². The Morgan fingerprint density at radius 3 is 1.89 bits per heavy atom. The minimum absolute atomic E-state index is 0.477. The molecule has 0 amide bonds. The van der Waals surface area contributed by atoms with E-state index < -0.39 is 5.79 Å². The molecule has 0 aliphatic rings. The Hall–Kier alpha value is -0.120. The lowest BCUT2D eigenvalue weighted by Crippen LogP contribution is -2.39. The largest absolute Gasteiger partial charge is 0.352 e. The highest BCUT2D eigenvalue weighted by atomic mass is 16.7. The van der Waals surface area contributed by atoms with Crippen LogP contribution in [0.2, 0.25) is 0 Å². The van der Waals surface area contributed by atoms with E-state index in [-0.39, 0.29) is 0 Å². The molecule has 0 aliphatic heterocycles. The lowest BCUT2D eigenvalue weighted by molar-refractivity contribution is -0.188. The molecule has 56 valence electrons. The van der Waals surface area contributed by atoms with Crippen LogP contribution in [0.4, 0.5) is 0 Å². The topological polar surface area (TPSA) is 30.5 Å². The Labute approximate surface area is 56.3 Å². The molecule has 0 spiro atoms. The zero-order valence-corrected chi connectivity index (χ0v) is 6.52. The number of ether oxygens (including phenoxy) is 2. The number of likely N-dealkylation sites (N-methyl/N-ethyl adjacent to an activating group) is 1. The standard InChI is InChI=1S/C6H15NO2/c1-6(8-3,9-4)5-7-2/h7H,5H2,1-4H3. The second kappa shape index (κ2) is 3.82. The maximum absolute atomic E-state index is 5.04. The fourth-order valence-electron chi connectivity index (χ4n) is 0.549. The zero-order chi connectivity index (χ0) is 7.33. The van der Waals surface area contributed by atoms with Crippen LogP contribution >= 0.6 is 0 Å². The van der Waals surface area contributed by atoms with Gasteiger partial charge in [-0.05, 0) is 14.0 Å². The van der Waals surface area contributed by atoms with E-state index in [2.05, 4.69) is 5.32 Å². The monoisotopic (exact) mass is 133 g/mol. The summed E-state index contributed by atoms with van der Waals surface area (Å²) in [5.41, 5.74) is 0. The number of nitrogens with one attached hydrogen (secondary N) is 1. The molecule has 0 rings (SSSR count). The van der Waals surface area contributed by atoms with E-state index in [4.69, 9.17) is 9.47 Å². The average molecular weight is 133 g/mol. The van der Waals surface area contributed by atoms with E-state index in [1.807, 2.05) is 14.0 Å². The fraction of sp³-hybridized carbons (Fsp3) is 1.00. The van der Waals surface area contributed by atoms with Gasteiger partial charge in [0, 0.05) is 20.8 Å². The first-order valence-electron chi connectivity index (χ1n) is 2.93. The van der Waals surface area contributed by atoms with Crippen molar-refractivity contribution >= 4 is 0 Å². The Morgan fingerprint density at radius 2 is 1.78 bits per heavy atom.